The van der Waals surface area contributed by atoms with Crippen LogP contribution >= 0.6 is 0 Å². The quantitative estimate of drug-likeness (QED) is 0.470. The zero-order chi connectivity index (χ0) is 14.9. The highest BCUT2D eigenvalue weighted by Gasteiger charge is 2.03. The van der Waals surface area contributed by atoms with Gasteiger partial charge in [0.05, 0.1) is 11.4 Å². The summed E-state index contributed by atoms with van der Waals surface area (Å²) in [5.74, 6) is -1.59. The van der Waals surface area contributed by atoms with Gasteiger partial charge in [-0.1, -0.05) is 0 Å². The average molecular weight is 282 g/mol. The van der Waals surface area contributed by atoms with Crippen LogP contribution in [-0.4, -0.2) is 32.3 Å². The summed E-state index contributed by atoms with van der Waals surface area (Å²) in [6, 6.07) is 6.67. The van der Waals surface area contributed by atoms with E-state index in [1.807, 2.05) is 0 Å². The average Bonchev–Trinajstić information content (AvgIpc) is 2.53. The van der Waals surface area contributed by atoms with E-state index < -0.39 is 11.9 Å². The standard InChI is InChI=1S/C14H10N4O3/c19-13(7-5-11-3-1-9-15-17-11)21-14(20)8-6-12-4-2-10-16-18-12/h1-10H/b7-5+,8-6+. The smallest absolute Gasteiger partial charge is 0.338 e. The molecule has 2 aromatic heterocycles. The topological polar surface area (TPSA) is 94.9 Å². The summed E-state index contributed by atoms with van der Waals surface area (Å²) in [5.41, 5.74) is 0.967. The molecule has 0 radical (unpaired) electrons. The summed E-state index contributed by atoms with van der Waals surface area (Å²) in [6.45, 7) is 0. The van der Waals surface area contributed by atoms with Crippen LogP contribution in [0.3, 0.4) is 0 Å². The number of esters is 2. The summed E-state index contributed by atoms with van der Waals surface area (Å²) >= 11 is 0. The van der Waals surface area contributed by atoms with Crippen molar-refractivity contribution < 1.29 is 14.3 Å². The molecule has 2 aromatic rings. The molecule has 0 N–H and O–H groups in total. The molecule has 2 rings (SSSR count). The SMILES string of the molecule is O=C(/C=C/c1cccnn1)OC(=O)/C=C/c1cccnn1. The molecule has 0 aromatic carbocycles. The predicted octanol–water partition coefficient (Wildman–Crippen LogP) is 1.06. The van der Waals surface area contributed by atoms with E-state index in [0.29, 0.717) is 11.4 Å². The Morgan fingerprint density at radius 3 is 1.71 bits per heavy atom. The van der Waals surface area contributed by atoms with E-state index in [4.69, 9.17) is 0 Å². The zero-order valence-corrected chi connectivity index (χ0v) is 10.8. The summed E-state index contributed by atoms with van der Waals surface area (Å²) in [6.07, 6.45) is 8.01. The normalized spacial score (nSPS) is 10.9. The van der Waals surface area contributed by atoms with Gasteiger partial charge in [-0.3, -0.25) is 0 Å². The number of hydrogen-bond donors (Lipinski definition) is 0. The van der Waals surface area contributed by atoms with Crippen molar-refractivity contribution in [3.8, 4) is 0 Å². The molecule has 0 amide bonds. The molecule has 104 valence electrons. The van der Waals surface area contributed by atoms with Crippen molar-refractivity contribution >= 4 is 24.1 Å². The first kappa shape index (κ1) is 14.2. The van der Waals surface area contributed by atoms with Gasteiger partial charge in [-0.05, 0) is 36.4 Å². The molecule has 0 spiro atoms. The van der Waals surface area contributed by atoms with E-state index in [2.05, 4.69) is 25.1 Å². The van der Waals surface area contributed by atoms with E-state index in [0.717, 1.165) is 12.2 Å². The summed E-state index contributed by atoms with van der Waals surface area (Å²) in [5, 5.41) is 14.8. The molecular formula is C14H10N4O3. The van der Waals surface area contributed by atoms with Crippen LogP contribution in [0.1, 0.15) is 11.4 Å². The van der Waals surface area contributed by atoms with Crippen molar-refractivity contribution in [3.05, 3.63) is 60.2 Å². The number of rotatable bonds is 4. The number of carbonyl (C=O) groups excluding carboxylic acids is 2. The Bertz CT molecular complexity index is 610. The minimum atomic E-state index is -0.797. The number of aromatic nitrogens is 4. The van der Waals surface area contributed by atoms with Crippen LogP contribution in [0.15, 0.2) is 48.8 Å². The second-order valence-electron chi connectivity index (χ2n) is 3.70. The Kier molecular flexibility index (Phi) is 4.99. The Balaban J connectivity index is 1.87. The third kappa shape index (κ3) is 5.11. The molecule has 0 aliphatic heterocycles. The molecule has 0 bridgehead atoms. The van der Waals surface area contributed by atoms with Gasteiger partial charge in [0.25, 0.3) is 0 Å². The highest BCUT2D eigenvalue weighted by Crippen LogP contribution is 1.98. The van der Waals surface area contributed by atoms with E-state index in [1.165, 1.54) is 24.5 Å². The van der Waals surface area contributed by atoms with Crippen molar-refractivity contribution in [2.75, 3.05) is 0 Å². The molecule has 7 heteroatoms. The van der Waals surface area contributed by atoms with Crippen molar-refractivity contribution in [2.24, 2.45) is 0 Å². The largest absolute Gasteiger partial charge is 0.387 e. The Labute approximate surface area is 120 Å². The van der Waals surface area contributed by atoms with Gasteiger partial charge in [-0.25, -0.2) is 9.59 Å². The van der Waals surface area contributed by atoms with Crippen LogP contribution in [0.5, 0.6) is 0 Å². The Morgan fingerprint density at radius 2 is 1.33 bits per heavy atom. The lowest BCUT2D eigenvalue weighted by molar-refractivity contribution is -0.152. The molecular weight excluding hydrogens is 272 g/mol. The van der Waals surface area contributed by atoms with Gasteiger partial charge in [0, 0.05) is 24.5 Å². The van der Waals surface area contributed by atoms with Gasteiger partial charge in [0.15, 0.2) is 0 Å². The minimum absolute atomic E-state index is 0.483. The Hall–Kier alpha value is -3.22. The monoisotopic (exact) mass is 282 g/mol. The van der Waals surface area contributed by atoms with Crippen LogP contribution in [0.2, 0.25) is 0 Å². The number of hydrogen-bond acceptors (Lipinski definition) is 7. The van der Waals surface area contributed by atoms with Crippen molar-refractivity contribution in [3.63, 3.8) is 0 Å². The highest BCUT2D eigenvalue weighted by atomic mass is 16.6. The number of nitrogens with zero attached hydrogens (tertiary/aromatic N) is 4. The molecule has 0 aliphatic carbocycles. The maximum Gasteiger partial charge on any atom is 0.338 e. The van der Waals surface area contributed by atoms with Gasteiger partial charge in [0.2, 0.25) is 0 Å². The highest BCUT2D eigenvalue weighted by molar-refractivity contribution is 5.99. The first-order chi connectivity index (χ1) is 10.2. The van der Waals surface area contributed by atoms with Gasteiger partial charge in [-0.2, -0.15) is 20.4 Å². The van der Waals surface area contributed by atoms with E-state index in [-0.39, 0.29) is 0 Å². The molecule has 7 nitrogen and oxygen atoms in total. The van der Waals surface area contributed by atoms with E-state index in [9.17, 15) is 9.59 Å². The minimum Gasteiger partial charge on any atom is -0.387 e. The summed E-state index contributed by atoms with van der Waals surface area (Å²) in [7, 11) is 0. The number of ether oxygens (including phenoxy) is 1. The molecule has 0 unspecified atom stereocenters. The first-order valence-corrected chi connectivity index (χ1v) is 5.91. The first-order valence-electron chi connectivity index (χ1n) is 5.91. The molecule has 21 heavy (non-hydrogen) atoms. The lowest BCUT2D eigenvalue weighted by Crippen LogP contribution is -2.07. The second-order valence-corrected chi connectivity index (χ2v) is 3.70. The molecule has 0 saturated heterocycles. The maximum atomic E-state index is 11.4. The molecule has 0 saturated carbocycles. The third-order valence-electron chi connectivity index (χ3n) is 2.17. The van der Waals surface area contributed by atoms with Crippen molar-refractivity contribution in [1.29, 1.82) is 0 Å². The molecule has 2 heterocycles. The summed E-state index contributed by atoms with van der Waals surface area (Å²) in [4.78, 5) is 22.8. The fourth-order valence-electron chi connectivity index (χ4n) is 1.28. The van der Waals surface area contributed by atoms with Crippen LogP contribution in [0.4, 0.5) is 0 Å². The van der Waals surface area contributed by atoms with Crippen LogP contribution < -0.4 is 0 Å². The summed E-state index contributed by atoms with van der Waals surface area (Å²) < 4.78 is 4.55. The van der Waals surface area contributed by atoms with Crippen LogP contribution in [0.25, 0.3) is 12.2 Å². The van der Waals surface area contributed by atoms with Gasteiger partial charge >= 0.3 is 11.9 Å². The van der Waals surface area contributed by atoms with Crippen LogP contribution in [-0.2, 0) is 14.3 Å². The van der Waals surface area contributed by atoms with E-state index >= 15 is 0 Å². The van der Waals surface area contributed by atoms with Crippen molar-refractivity contribution in [2.45, 2.75) is 0 Å². The molecule has 0 aliphatic rings. The van der Waals surface area contributed by atoms with Gasteiger partial charge in [0.1, 0.15) is 0 Å². The van der Waals surface area contributed by atoms with Crippen LogP contribution in [0, 0.1) is 0 Å². The molecule has 0 fully saturated rings. The fourth-order valence-corrected chi connectivity index (χ4v) is 1.28. The lowest BCUT2D eigenvalue weighted by Gasteiger charge is -1.94. The fraction of sp³-hybridized carbons (Fsp3) is 0. The Morgan fingerprint density at radius 1 is 0.857 bits per heavy atom. The second kappa shape index (κ2) is 7.39. The van der Waals surface area contributed by atoms with Gasteiger partial charge < -0.3 is 4.74 Å². The maximum absolute atomic E-state index is 11.4. The lowest BCUT2D eigenvalue weighted by atomic mass is 10.3. The predicted molar refractivity (Wildman–Crippen MR) is 73.2 cm³/mol. The van der Waals surface area contributed by atoms with Gasteiger partial charge in [-0.15, -0.1) is 0 Å². The third-order valence-corrected chi connectivity index (χ3v) is 2.17. The van der Waals surface area contributed by atoms with Crippen molar-refractivity contribution in [1.82, 2.24) is 20.4 Å². The zero-order valence-electron chi connectivity index (χ0n) is 10.8. The molecule has 0 atom stereocenters. The van der Waals surface area contributed by atoms with E-state index in [1.54, 1.807) is 24.3 Å². The number of carbonyl (C=O) groups is 2.